The molecule has 4 heteroatoms. The topological polar surface area (TPSA) is 77.8 Å². The monoisotopic (exact) mass is 402 g/mol. The zero-order valence-electron chi connectivity index (χ0n) is 18.1. The molecule has 3 N–H and O–H groups in total. The van der Waals surface area contributed by atoms with E-state index >= 15 is 0 Å². The molecule has 3 fully saturated rings. The van der Waals surface area contributed by atoms with Gasteiger partial charge in [-0.3, -0.25) is 4.79 Å². The lowest BCUT2D eigenvalue weighted by Crippen LogP contribution is -2.57. The van der Waals surface area contributed by atoms with Gasteiger partial charge in [0.2, 0.25) is 0 Å². The smallest absolute Gasteiger partial charge is 0.303 e. The van der Waals surface area contributed by atoms with E-state index in [1.807, 2.05) is 0 Å². The number of carboxylic acid groups (broad SMARTS) is 1. The molecule has 29 heavy (non-hydrogen) atoms. The van der Waals surface area contributed by atoms with Crippen LogP contribution in [-0.2, 0) is 4.79 Å². The molecule has 0 aromatic carbocycles. The maximum Gasteiger partial charge on any atom is 0.303 e. The Morgan fingerprint density at radius 1 is 1.28 bits per heavy atom. The number of rotatable bonds is 6. The molecule has 4 nitrogen and oxygen atoms in total. The number of allylic oxidation sites excluding steroid dienone is 2. The summed E-state index contributed by atoms with van der Waals surface area (Å²) in [5, 5.41) is 30.1. The van der Waals surface area contributed by atoms with Gasteiger partial charge in [0.05, 0.1) is 12.0 Å². The van der Waals surface area contributed by atoms with Crippen LogP contribution in [0.3, 0.4) is 0 Å². The van der Waals surface area contributed by atoms with Gasteiger partial charge in [0.15, 0.2) is 0 Å². The SMILES string of the molecule is CCC1C(=CCCC(=O)O)[C@]2(C)CC[C@H](O)[C@@H](C#CC(O)CC3CCCCC3)[C@H]12. The third kappa shape index (κ3) is 4.89. The highest BCUT2D eigenvalue weighted by atomic mass is 16.4. The van der Waals surface area contributed by atoms with Crippen LogP contribution in [0.25, 0.3) is 0 Å². The van der Waals surface area contributed by atoms with Crippen molar-refractivity contribution in [3.63, 3.8) is 0 Å². The molecule has 0 saturated heterocycles. The summed E-state index contributed by atoms with van der Waals surface area (Å²) >= 11 is 0. The van der Waals surface area contributed by atoms with Crippen molar-refractivity contribution in [2.24, 2.45) is 29.1 Å². The molecule has 6 atom stereocenters. The Bertz CT molecular complexity index is 666. The largest absolute Gasteiger partial charge is 0.481 e. The van der Waals surface area contributed by atoms with E-state index in [1.54, 1.807) is 0 Å². The third-order valence-electron chi connectivity index (χ3n) is 7.85. The molecule has 162 valence electrons. The molecule has 3 rings (SSSR count). The fourth-order valence-corrected chi connectivity index (χ4v) is 6.37. The Labute approximate surface area is 175 Å². The molecule has 0 heterocycles. The molecule has 0 aromatic heterocycles. The van der Waals surface area contributed by atoms with E-state index in [0.717, 1.165) is 25.7 Å². The lowest BCUT2D eigenvalue weighted by molar-refractivity contribution is -0.136. The van der Waals surface area contributed by atoms with Crippen molar-refractivity contribution >= 4 is 5.97 Å². The second kappa shape index (κ2) is 9.67. The first-order chi connectivity index (χ1) is 13.9. The van der Waals surface area contributed by atoms with Crippen LogP contribution in [0.5, 0.6) is 0 Å². The maximum atomic E-state index is 10.9. The predicted octanol–water partition coefficient (Wildman–Crippen LogP) is 4.55. The summed E-state index contributed by atoms with van der Waals surface area (Å²) in [6.07, 6.45) is 11.5. The Kier molecular flexibility index (Phi) is 7.46. The van der Waals surface area contributed by atoms with Crippen LogP contribution in [0.1, 0.15) is 84.5 Å². The van der Waals surface area contributed by atoms with Gasteiger partial charge in [0.25, 0.3) is 0 Å². The molecule has 3 aliphatic carbocycles. The van der Waals surface area contributed by atoms with Crippen molar-refractivity contribution in [2.45, 2.75) is 96.7 Å². The van der Waals surface area contributed by atoms with Crippen LogP contribution in [0, 0.1) is 40.9 Å². The molecule has 0 amide bonds. The second-order valence-electron chi connectivity index (χ2n) is 9.73. The summed E-state index contributed by atoms with van der Waals surface area (Å²) in [5.41, 5.74) is 1.37. The number of fused-ring (bicyclic) bond motifs is 1. The van der Waals surface area contributed by atoms with Crippen LogP contribution < -0.4 is 0 Å². The van der Waals surface area contributed by atoms with E-state index in [1.165, 1.54) is 37.7 Å². The molecule has 0 spiro atoms. The molecular weight excluding hydrogens is 364 g/mol. The summed E-state index contributed by atoms with van der Waals surface area (Å²) in [6.45, 7) is 4.42. The molecular formula is C25H38O4. The standard InChI is InChI=1S/C25H38O4/c1-3-19-21(10-7-11-23(28)29)25(2)15-14-22(27)20(24(19)25)13-12-18(26)16-17-8-5-4-6-9-17/h10,17-20,22,24,26-27H,3-9,11,14-16H2,1-2H3,(H,28,29)/t18?,19?,20-,22+,24+,25+/m1/s1. The summed E-state index contributed by atoms with van der Waals surface area (Å²) in [6, 6.07) is 0. The van der Waals surface area contributed by atoms with Crippen molar-refractivity contribution in [1.82, 2.24) is 0 Å². The van der Waals surface area contributed by atoms with Crippen LogP contribution in [0.4, 0.5) is 0 Å². The van der Waals surface area contributed by atoms with E-state index in [2.05, 4.69) is 31.8 Å². The number of aliphatic carboxylic acids is 1. The fourth-order valence-electron chi connectivity index (χ4n) is 6.37. The Balaban J connectivity index is 1.70. The molecule has 0 bridgehead atoms. The van der Waals surface area contributed by atoms with Crippen molar-refractivity contribution in [3.05, 3.63) is 11.6 Å². The summed E-state index contributed by atoms with van der Waals surface area (Å²) < 4.78 is 0. The van der Waals surface area contributed by atoms with Gasteiger partial charge in [0.1, 0.15) is 6.10 Å². The highest BCUT2D eigenvalue weighted by Crippen LogP contribution is 2.65. The lowest BCUT2D eigenvalue weighted by Gasteiger charge is -2.62. The minimum atomic E-state index is -0.759. The van der Waals surface area contributed by atoms with Gasteiger partial charge in [-0.05, 0) is 55.3 Å². The van der Waals surface area contributed by atoms with Gasteiger partial charge in [-0.25, -0.2) is 0 Å². The zero-order chi connectivity index (χ0) is 21.0. The van der Waals surface area contributed by atoms with E-state index in [0.29, 0.717) is 24.2 Å². The van der Waals surface area contributed by atoms with Crippen molar-refractivity contribution < 1.29 is 20.1 Å². The van der Waals surface area contributed by atoms with Gasteiger partial charge in [0, 0.05) is 6.42 Å². The predicted molar refractivity (Wildman–Crippen MR) is 114 cm³/mol. The first-order valence-electron chi connectivity index (χ1n) is 11.7. The van der Waals surface area contributed by atoms with E-state index < -0.39 is 18.2 Å². The molecule has 0 radical (unpaired) electrons. The van der Waals surface area contributed by atoms with Crippen LogP contribution in [0.15, 0.2) is 11.6 Å². The van der Waals surface area contributed by atoms with Gasteiger partial charge in [-0.2, -0.15) is 0 Å². The Morgan fingerprint density at radius 2 is 2.00 bits per heavy atom. The molecule has 3 saturated carbocycles. The van der Waals surface area contributed by atoms with Crippen molar-refractivity contribution in [3.8, 4) is 11.8 Å². The van der Waals surface area contributed by atoms with Crippen LogP contribution in [-0.4, -0.2) is 33.5 Å². The summed E-state index contributed by atoms with van der Waals surface area (Å²) in [5.74, 6) is 6.79. The minimum absolute atomic E-state index is 0.00603. The van der Waals surface area contributed by atoms with Gasteiger partial charge in [-0.1, -0.05) is 69.4 Å². The quantitative estimate of drug-likeness (QED) is 0.450. The average molecular weight is 403 g/mol. The van der Waals surface area contributed by atoms with Gasteiger partial charge < -0.3 is 15.3 Å². The minimum Gasteiger partial charge on any atom is -0.481 e. The number of hydrogen-bond acceptors (Lipinski definition) is 3. The van der Waals surface area contributed by atoms with E-state index in [4.69, 9.17) is 5.11 Å². The molecule has 0 aliphatic heterocycles. The maximum absolute atomic E-state index is 10.9. The lowest BCUT2D eigenvalue weighted by atomic mass is 9.42. The number of hydrogen-bond donors (Lipinski definition) is 3. The van der Waals surface area contributed by atoms with Crippen molar-refractivity contribution in [2.75, 3.05) is 0 Å². The summed E-state index contributed by atoms with van der Waals surface area (Å²) in [4.78, 5) is 10.9. The molecule has 2 unspecified atom stereocenters. The zero-order valence-corrected chi connectivity index (χ0v) is 18.1. The Hall–Kier alpha value is -1.31. The van der Waals surface area contributed by atoms with Crippen molar-refractivity contribution in [1.29, 1.82) is 0 Å². The van der Waals surface area contributed by atoms with E-state index in [-0.39, 0.29) is 17.8 Å². The Morgan fingerprint density at radius 3 is 2.66 bits per heavy atom. The third-order valence-corrected chi connectivity index (χ3v) is 7.85. The number of aliphatic hydroxyl groups is 2. The van der Waals surface area contributed by atoms with Gasteiger partial charge >= 0.3 is 5.97 Å². The summed E-state index contributed by atoms with van der Waals surface area (Å²) in [7, 11) is 0. The first kappa shape index (κ1) is 22.4. The van der Waals surface area contributed by atoms with Crippen LogP contribution in [0.2, 0.25) is 0 Å². The number of carbonyl (C=O) groups is 1. The number of aliphatic hydroxyl groups excluding tert-OH is 2. The fraction of sp³-hybridized carbons (Fsp3) is 0.800. The van der Waals surface area contributed by atoms with Crippen LogP contribution >= 0.6 is 0 Å². The second-order valence-corrected chi connectivity index (χ2v) is 9.73. The van der Waals surface area contributed by atoms with E-state index in [9.17, 15) is 15.0 Å². The van der Waals surface area contributed by atoms with Gasteiger partial charge in [-0.15, -0.1) is 0 Å². The highest BCUT2D eigenvalue weighted by molar-refractivity contribution is 5.66. The molecule has 0 aromatic rings. The highest BCUT2D eigenvalue weighted by Gasteiger charge is 2.59. The average Bonchev–Trinajstić information content (AvgIpc) is 2.69. The normalized spacial score (nSPS) is 37.2. The first-order valence-corrected chi connectivity index (χ1v) is 11.7. The molecule has 3 aliphatic rings. The number of carboxylic acids is 1.